The van der Waals surface area contributed by atoms with Gasteiger partial charge in [0.05, 0.1) is 4.90 Å². The maximum atomic E-state index is 13.9. The van der Waals surface area contributed by atoms with Crippen molar-refractivity contribution in [3.05, 3.63) is 94.8 Å². The van der Waals surface area contributed by atoms with Crippen LogP contribution in [0, 0.1) is 18.6 Å². The summed E-state index contributed by atoms with van der Waals surface area (Å²) in [4.78, 5) is 4.56. The molecular weight excluding hydrogens is 418 g/mol. The minimum absolute atomic E-state index is 0.0149. The molecule has 7 heteroatoms. The Morgan fingerprint density at radius 3 is 2.45 bits per heavy atom. The van der Waals surface area contributed by atoms with Crippen LogP contribution in [0.15, 0.2) is 65.7 Å². The summed E-state index contributed by atoms with van der Waals surface area (Å²) in [7, 11) is -3.76. The molecule has 1 aliphatic heterocycles. The summed E-state index contributed by atoms with van der Waals surface area (Å²) >= 11 is 0. The molecule has 0 amide bonds. The number of nitrogens with zero attached hydrogens (tertiary/aromatic N) is 2. The van der Waals surface area contributed by atoms with Gasteiger partial charge in [-0.2, -0.15) is 4.31 Å². The van der Waals surface area contributed by atoms with Crippen LogP contribution in [0.5, 0.6) is 0 Å². The molecule has 0 aliphatic carbocycles. The minimum atomic E-state index is -3.76. The fourth-order valence-electron chi connectivity index (χ4n) is 3.91. The predicted molar refractivity (Wildman–Crippen MR) is 115 cm³/mol. The summed E-state index contributed by atoms with van der Waals surface area (Å²) in [6, 6.07) is 14.3. The van der Waals surface area contributed by atoms with Gasteiger partial charge in [-0.3, -0.25) is 4.98 Å². The van der Waals surface area contributed by atoms with Gasteiger partial charge >= 0.3 is 0 Å². The van der Waals surface area contributed by atoms with Gasteiger partial charge in [-0.15, -0.1) is 0 Å². The van der Waals surface area contributed by atoms with Crippen LogP contribution in [-0.2, 0) is 16.4 Å². The Kier molecular flexibility index (Phi) is 6.16. The minimum Gasteiger partial charge on any atom is -0.261 e. The van der Waals surface area contributed by atoms with Crippen molar-refractivity contribution in [2.45, 2.75) is 37.0 Å². The summed E-state index contributed by atoms with van der Waals surface area (Å²) in [5.74, 6) is -0.797. The first kappa shape index (κ1) is 21.6. The van der Waals surface area contributed by atoms with E-state index in [2.05, 4.69) is 4.98 Å². The molecule has 4 rings (SSSR count). The molecule has 1 atom stereocenters. The maximum Gasteiger partial charge on any atom is 0.243 e. The van der Waals surface area contributed by atoms with Crippen molar-refractivity contribution in [2.24, 2.45) is 0 Å². The van der Waals surface area contributed by atoms with Crippen LogP contribution >= 0.6 is 0 Å². The van der Waals surface area contributed by atoms with Crippen LogP contribution < -0.4 is 0 Å². The molecule has 1 aromatic heterocycles. The van der Waals surface area contributed by atoms with Crippen LogP contribution in [0.2, 0.25) is 0 Å². The van der Waals surface area contributed by atoms with Gasteiger partial charge in [0.1, 0.15) is 11.6 Å². The van der Waals surface area contributed by atoms with Crippen molar-refractivity contribution in [3.8, 4) is 0 Å². The summed E-state index contributed by atoms with van der Waals surface area (Å²) < 4.78 is 54.5. The van der Waals surface area contributed by atoms with E-state index in [0.29, 0.717) is 25.1 Å². The topological polar surface area (TPSA) is 50.3 Å². The molecule has 1 aliphatic rings. The molecule has 0 bridgehead atoms. The first-order chi connectivity index (χ1) is 14.8. The Bertz CT molecular complexity index is 1160. The van der Waals surface area contributed by atoms with Gasteiger partial charge in [0.25, 0.3) is 0 Å². The Labute approximate surface area is 181 Å². The van der Waals surface area contributed by atoms with Crippen LogP contribution in [0.1, 0.15) is 41.1 Å². The number of aryl methyl sites for hydroxylation is 1. The second kappa shape index (κ2) is 8.85. The number of benzene rings is 2. The van der Waals surface area contributed by atoms with Crippen LogP contribution in [0.3, 0.4) is 0 Å². The van der Waals surface area contributed by atoms with Gasteiger partial charge in [0, 0.05) is 30.9 Å². The van der Waals surface area contributed by atoms with Gasteiger partial charge < -0.3 is 0 Å². The van der Waals surface area contributed by atoms with Crippen molar-refractivity contribution in [3.63, 3.8) is 0 Å². The Hall–Kier alpha value is -2.64. The Morgan fingerprint density at radius 1 is 1.03 bits per heavy atom. The van der Waals surface area contributed by atoms with E-state index in [4.69, 9.17) is 0 Å². The lowest BCUT2D eigenvalue weighted by Gasteiger charge is -2.31. The molecule has 0 N–H and O–H groups in total. The highest BCUT2D eigenvalue weighted by Gasteiger charge is 2.31. The highest BCUT2D eigenvalue weighted by Crippen LogP contribution is 2.30. The molecule has 0 saturated carbocycles. The highest BCUT2D eigenvalue weighted by molar-refractivity contribution is 7.89. The SMILES string of the molecule is Cc1ccc(S(=O)(=O)N2CCCC(c3ccc(Cc4ccc(F)cc4)cn3)C2)cc1F. The molecule has 2 heterocycles. The molecule has 0 radical (unpaired) electrons. The lowest BCUT2D eigenvalue weighted by Crippen LogP contribution is -2.39. The predicted octanol–water partition coefficient (Wildman–Crippen LogP) is 4.83. The fraction of sp³-hybridized carbons (Fsp3) is 0.292. The molecule has 4 nitrogen and oxygen atoms in total. The monoisotopic (exact) mass is 442 g/mol. The van der Waals surface area contributed by atoms with E-state index in [0.717, 1.165) is 35.7 Å². The molecular formula is C24H24F2N2O2S. The first-order valence-corrected chi connectivity index (χ1v) is 11.7. The Morgan fingerprint density at radius 2 is 1.77 bits per heavy atom. The number of aromatic nitrogens is 1. The lowest BCUT2D eigenvalue weighted by molar-refractivity contribution is 0.312. The van der Waals surface area contributed by atoms with E-state index in [1.165, 1.54) is 28.6 Å². The van der Waals surface area contributed by atoms with Gasteiger partial charge in [0.15, 0.2) is 0 Å². The smallest absolute Gasteiger partial charge is 0.243 e. The average Bonchev–Trinajstić information content (AvgIpc) is 2.78. The van der Waals surface area contributed by atoms with Crippen molar-refractivity contribution in [2.75, 3.05) is 13.1 Å². The van der Waals surface area contributed by atoms with E-state index in [1.54, 1.807) is 25.3 Å². The van der Waals surface area contributed by atoms with Crippen molar-refractivity contribution in [1.82, 2.24) is 9.29 Å². The van der Waals surface area contributed by atoms with Gasteiger partial charge in [0.2, 0.25) is 10.0 Å². The third kappa shape index (κ3) is 4.83. The van der Waals surface area contributed by atoms with E-state index in [-0.39, 0.29) is 16.6 Å². The number of rotatable bonds is 5. The molecule has 2 aromatic carbocycles. The van der Waals surface area contributed by atoms with Gasteiger partial charge in [-0.25, -0.2) is 17.2 Å². The van der Waals surface area contributed by atoms with Crippen LogP contribution in [0.4, 0.5) is 8.78 Å². The zero-order valence-electron chi connectivity index (χ0n) is 17.3. The Balaban J connectivity index is 1.47. The number of hydrogen-bond donors (Lipinski definition) is 0. The third-order valence-electron chi connectivity index (χ3n) is 5.75. The number of halogens is 2. The number of hydrogen-bond acceptors (Lipinski definition) is 3. The second-order valence-corrected chi connectivity index (χ2v) is 9.95. The van der Waals surface area contributed by atoms with Crippen molar-refractivity contribution >= 4 is 10.0 Å². The quantitative estimate of drug-likeness (QED) is 0.569. The van der Waals surface area contributed by atoms with Gasteiger partial charge in [-0.05, 0) is 73.2 Å². The number of sulfonamides is 1. The maximum absolute atomic E-state index is 13.9. The fourth-order valence-corrected chi connectivity index (χ4v) is 5.44. The van der Waals surface area contributed by atoms with Crippen molar-refractivity contribution in [1.29, 1.82) is 0 Å². The molecule has 1 saturated heterocycles. The molecule has 0 spiro atoms. The standard InChI is InChI=1S/C24H24F2N2O2S/c1-17-4-10-22(14-23(17)26)31(29,30)28-12-2-3-20(16-28)24-11-7-19(15-27-24)13-18-5-8-21(25)9-6-18/h4-11,14-15,20H,2-3,12-13,16H2,1H3. The molecule has 31 heavy (non-hydrogen) atoms. The van der Waals surface area contributed by atoms with Crippen LogP contribution in [-0.4, -0.2) is 30.8 Å². The highest BCUT2D eigenvalue weighted by atomic mass is 32.2. The summed E-state index contributed by atoms with van der Waals surface area (Å²) in [6.07, 6.45) is 4.01. The summed E-state index contributed by atoms with van der Waals surface area (Å²) in [5.41, 5.74) is 3.26. The lowest BCUT2D eigenvalue weighted by atomic mass is 9.95. The van der Waals surface area contributed by atoms with E-state index >= 15 is 0 Å². The largest absolute Gasteiger partial charge is 0.261 e. The van der Waals surface area contributed by atoms with Gasteiger partial charge in [-0.1, -0.05) is 24.3 Å². The van der Waals surface area contributed by atoms with E-state index < -0.39 is 15.8 Å². The summed E-state index contributed by atoms with van der Waals surface area (Å²) in [6.45, 7) is 2.34. The third-order valence-corrected chi connectivity index (χ3v) is 7.61. The average molecular weight is 443 g/mol. The van der Waals surface area contributed by atoms with E-state index in [9.17, 15) is 17.2 Å². The number of piperidine rings is 1. The zero-order chi connectivity index (χ0) is 22.0. The van der Waals surface area contributed by atoms with Crippen molar-refractivity contribution < 1.29 is 17.2 Å². The molecule has 1 fully saturated rings. The molecule has 162 valence electrons. The molecule has 3 aromatic rings. The van der Waals surface area contributed by atoms with E-state index in [1.807, 2.05) is 12.1 Å². The summed E-state index contributed by atoms with van der Waals surface area (Å²) in [5, 5.41) is 0. The first-order valence-electron chi connectivity index (χ1n) is 10.3. The second-order valence-electron chi connectivity index (χ2n) is 8.01. The molecule has 1 unspecified atom stereocenters. The zero-order valence-corrected chi connectivity index (χ0v) is 18.1. The number of pyridine rings is 1. The normalized spacial score (nSPS) is 17.6. The van der Waals surface area contributed by atoms with Crippen LogP contribution in [0.25, 0.3) is 0 Å².